The maximum absolute atomic E-state index is 11.7. The minimum absolute atomic E-state index is 0.209. The van der Waals surface area contributed by atoms with E-state index in [9.17, 15) is 4.79 Å². The minimum atomic E-state index is -0.501. The van der Waals surface area contributed by atoms with E-state index in [2.05, 4.69) is 24.5 Å². The molecule has 0 spiro atoms. The summed E-state index contributed by atoms with van der Waals surface area (Å²) in [6, 6.07) is 8.25. The summed E-state index contributed by atoms with van der Waals surface area (Å²) in [5.41, 5.74) is 1.37. The van der Waals surface area contributed by atoms with Gasteiger partial charge in [-0.15, -0.1) is 0 Å². The van der Waals surface area contributed by atoms with Crippen molar-refractivity contribution in [2.24, 2.45) is 0 Å². The highest BCUT2D eigenvalue weighted by Crippen LogP contribution is 2.17. The predicted molar refractivity (Wildman–Crippen MR) is 93.8 cm³/mol. The first-order valence-electron chi connectivity index (χ1n) is 8.15. The van der Waals surface area contributed by atoms with Crippen molar-refractivity contribution in [1.29, 1.82) is 0 Å². The molecule has 0 fully saturated rings. The number of carbonyl (C=O) groups is 1. The Morgan fingerprint density at radius 2 is 1.78 bits per heavy atom. The maximum Gasteiger partial charge on any atom is 0.412 e. The number of anilines is 1. The Labute approximate surface area is 139 Å². The van der Waals surface area contributed by atoms with E-state index >= 15 is 0 Å². The van der Waals surface area contributed by atoms with Crippen molar-refractivity contribution in [2.45, 2.75) is 59.2 Å². The maximum atomic E-state index is 11.7. The molecule has 0 saturated heterocycles. The third-order valence-corrected chi connectivity index (χ3v) is 3.16. The standard InChI is InChI=1S/C18H30N2O3/c1-7-22-12-13(2)19-14(3)15-8-10-16(11-9-15)20-17(21)23-18(4,5)6/h8-11,13-14,19H,7,12H2,1-6H3,(H,20,21). The molecule has 1 aromatic carbocycles. The number of hydrogen-bond donors (Lipinski definition) is 2. The largest absolute Gasteiger partial charge is 0.444 e. The molecule has 2 N–H and O–H groups in total. The SMILES string of the molecule is CCOCC(C)NC(C)c1ccc(NC(=O)OC(C)(C)C)cc1. The van der Waals surface area contributed by atoms with Crippen LogP contribution in [0.25, 0.3) is 0 Å². The van der Waals surface area contributed by atoms with Crippen LogP contribution < -0.4 is 10.6 Å². The highest BCUT2D eigenvalue weighted by Gasteiger charge is 2.16. The Kier molecular flexibility index (Phi) is 7.52. The van der Waals surface area contributed by atoms with Gasteiger partial charge in [-0.05, 0) is 59.2 Å². The van der Waals surface area contributed by atoms with Gasteiger partial charge in [-0.3, -0.25) is 5.32 Å². The van der Waals surface area contributed by atoms with Crippen molar-refractivity contribution in [3.63, 3.8) is 0 Å². The summed E-state index contributed by atoms with van der Waals surface area (Å²) >= 11 is 0. The van der Waals surface area contributed by atoms with Crippen molar-refractivity contribution < 1.29 is 14.3 Å². The molecule has 0 aromatic heterocycles. The lowest BCUT2D eigenvalue weighted by atomic mass is 10.1. The molecule has 0 saturated carbocycles. The molecule has 23 heavy (non-hydrogen) atoms. The van der Waals surface area contributed by atoms with Crippen LogP contribution in [0.2, 0.25) is 0 Å². The van der Waals surface area contributed by atoms with Crippen LogP contribution in [-0.2, 0) is 9.47 Å². The van der Waals surface area contributed by atoms with Gasteiger partial charge in [-0.25, -0.2) is 4.79 Å². The molecule has 0 heterocycles. The summed E-state index contributed by atoms with van der Waals surface area (Å²) in [6.07, 6.45) is -0.443. The Balaban J connectivity index is 2.54. The van der Waals surface area contributed by atoms with E-state index < -0.39 is 11.7 Å². The summed E-state index contributed by atoms with van der Waals surface area (Å²) in [4.78, 5) is 11.7. The molecule has 1 aromatic rings. The summed E-state index contributed by atoms with van der Waals surface area (Å²) < 4.78 is 10.6. The fraction of sp³-hybridized carbons (Fsp3) is 0.611. The number of nitrogens with one attached hydrogen (secondary N) is 2. The predicted octanol–water partition coefficient (Wildman–Crippen LogP) is 4.11. The zero-order valence-electron chi connectivity index (χ0n) is 15.1. The van der Waals surface area contributed by atoms with Crippen molar-refractivity contribution in [3.05, 3.63) is 29.8 Å². The molecule has 5 heteroatoms. The Bertz CT molecular complexity index is 480. The molecule has 0 aliphatic heterocycles. The van der Waals surface area contributed by atoms with Gasteiger partial charge in [-0.1, -0.05) is 12.1 Å². The van der Waals surface area contributed by atoms with Crippen molar-refractivity contribution in [3.8, 4) is 0 Å². The van der Waals surface area contributed by atoms with Gasteiger partial charge in [-0.2, -0.15) is 0 Å². The molecule has 5 nitrogen and oxygen atoms in total. The zero-order valence-corrected chi connectivity index (χ0v) is 15.1. The van der Waals surface area contributed by atoms with Gasteiger partial charge in [0.05, 0.1) is 6.61 Å². The van der Waals surface area contributed by atoms with E-state index in [1.54, 1.807) is 0 Å². The Morgan fingerprint density at radius 1 is 1.17 bits per heavy atom. The number of hydrogen-bond acceptors (Lipinski definition) is 4. The Morgan fingerprint density at radius 3 is 2.30 bits per heavy atom. The summed E-state index contributed by atoms with van der Waals surface area (Å²) in [7, 11) is 0. The average Bonchev–Trinajstić information content (AvgIpc) is 2.43. The van der Waals surface area contributed by atoms with Crippen molar-refractivity contribution >= 4 is 11.8 Å². The first-order chi connectivity index (χ1) is 10.7. The lowest BCUT2D eigenvalue weighted by molar-refractivity contribution is 0.0636. The van der Waals surface area contributed by atoms with Gasteiger partial charge in [0.15, 0.2) is 0 Å². The second-order valence-electron chi connectivity index (χ2n) is 6.70. The fourth-order valence-corrected chi connectivity index (χ4v) is 2.14. The van der Waals surface area contributed by atoms with Gasteiger partial charge in [0.25, 0.3) is 0 Å². The van der Waals surface area contributed by atoms with E-state index in [1.807, 2.05) is 52.0 Å². The highest BCUT2D eigenvalue weighted by molar-refractivity contribution is 5.84. The number of rotatable bonds is 7. The normalized spacial score (nSPS) is 14.2. The number of ether oxygens (including phenoxy) is 2. The third-order valence-electron chi connectivity index (χ3n) is 3.16. The lowest BCUT2D eigenvalue weighted by Gasteiger charge is -2.21. The summed E-state index contributed by atoms with van der Waals surface area (Å²) in [6.45, 7) is 13.1. The molecular weight excluding hydrogens is 292 g/mol. The van der Waals surface area contributed by atoms with Gasteiger partial charge >= 0.3 is 6.09 Å². The second kappa shape index (κ2) is 8.89. The smallest absolute Gasteiger partial charge is 0.412 e. The second-order valence-corrected chi connectivity index (χ2v) is 6.70. The molecule has 0 aliphatic rings. The van der Waals surface area contributed by atoms with E-state index in [1.165, 1.54) is 0 Å². The fourth-order valence-electron chi connectivity index (χ4n) is 2.14. The first-order valence-corrected chi connectivity index (χ1v) is 8.15. The molecular formula is C18H30N2O3. The van der Waals surface area contributed by atoms with E-state index in [4.69, 9.17) is 9.47 Å². The van der Waals surface area contributed by atoms with Crippen LogP contribution in [0.4, 0.5) is 10.5 Å². The van der Waals surface area contributed by atoms with Crippen LogP contribution >= 0.6 is 0 Å². The van der Waals surface area contributed by atoms with Gasteiger partial charge in [0.1, 0.15) is 5.60 Å². The van der Waals surface area contributed by atoms with Crippen LogP contribution in [0.3, 0.4) is 0 Å². The topological polar surface area (TPSA) is 59.6 Å². The summed E-state index contributed by atoms with van der Waals surface area (Å²) in [5, 5.41) is 6.22. The molecule has 2 atom stereocenters. The first kappa shape index (κ1) is 19.5. The number of carbonyl (C=O) groups excluding carboxylic acids is 1. The average molecular weight is 322 g/mol. The number of amides is 1. The lowest BCUT2D eigenvalue weighted by Crippen LogP contribution is -2.32. The van der Waals surface area contributed by atoms with Gasteiger partial charge in [0.2, 0.25) is 0 Å². The molecule has 130 valence electrons. The molecule has 0 radical (unpaired) electrons. The van der Waals surface area contributed by atoms with E-state index in [0.29, 0.717) is 6.61 Å². The quantitative estimate of drug-likeness (QED) is 0.793. The Hall–Kier alpha value is -1.59. The van der Waals surface area contributed by atoms with Crippen molar-refractivity contribution in [1.82, 2.24) is 5.32 Å². The monoisotopic (exact) mass is 322 g/mol. The van der Waals surface area contributed by atoms with Crippen LogP contribution in [0.1, 0.15) is 53.1 Å². The number of benzene rings is 1. The molecule has 2 unspecified atom stereocenters. The zero-order chi connectivity index (χ0) is 17.5. The third kappa shape index (κ3) is 8.00. The summed E-state index contributed by atoms with van der Waals surface area (Å²) in [5.74, 6) is 0. The van der Waals surface area contributed by atoms with Crippen LogP contribution in [0.5, 0.6) is 0 Å². The minimum Gasteiger partial charge on any atom is -0.444 e. The van der Waals surface area contributed by atoms with Gasteiger partial charge in [0, 0.05) is 24.4 Å². The molecule has 1 rings (SSSR count). The molecule has 0 aliphatic carbocycles. The van der Waals surface area contributed by atoms with E-state index in [0.717, 1.165) is 17.9 Å². The van der Waals surface area contributed by atoms with Crippen molar-refractivity contribution in [2.75, 3.05) is 18.5 Å². The van der Waals surface area contributed by atoms with Crippen LogP contribution in [-0.4, -0.2) is 30.9 Å². The molecule has 0 bridgehead atoms. The highest BCUT2D eigenvalue weighted by atomic mass is 16.6. The van der Waals surface area contributed by atoms with Crippen LogP contribution in [0, 0.1) is 0 Å². The van der Waals surface area contributed by atoms with Crippen LogP contribution in [0.15, 0.2) is 24.3 Å². The van der Waals surface area contributed by atoms with Gasteiger partial charge < -0.3 is 14.8 Å². The van der Waals surface area contributed by atoms with E-state index in [-0.39, 0.29) is 12.1 Å². The molecule has 1 amide bonds.